The molecule has 0 aliphatic heterocycles. The number of anilines is 1. The van der Waals surface area contributed by atoms with Crippen LogP contribution >= 0.6 is 11.6 Å². The van der Waals surface area contributed by atoms with Crippen LogP contribution in [0.4, 0.5) is 5.69 Å². The van der Waals surface area contributed by atoms with E-state index < -0.39 is 5.63 Å². The molecule has 0 bridgehead atoms. The number of carbonyl (C=O) groups is 1. The van der Waals surface area contributed by atoms with Crippen LogP contribution < -0.4 is 10.9 Å². The predicted molar refractivity (Wildman–Crippen MR) is 127 cm³/mol. The lowest BCUT2D eigenvalue weighted by Gasteiger charge is -2.10. The fraction of sp³-hybridized carbons (Fsp3) is 0.0769. The number of halogens is 1. The van der Waals surface area contributed by atoms with Crippen molar-refractivity contribution in [1.82, 2.24) is 0 Å². The maximum absolute atomic E-state index is 13.1. The van der Waals surface area contributed by atoms with Gasteiger partial charge in [-0.25, -0.2) is 4.79 Å². The smallest absolute Gasteiger partial charge is 0.336 e. The van der Waals surface area contributed by atoms with Crippen molar-refractivity contribution in [2.45, 2.75) is 13.8 Å². The minimum Gasteiger partial charge on any atom is -0.454 e. The summed E-state index contributed by atoms with van der Waals surface area (Å²) in [5, 5.41) is 4.74. The molecule has 0 atom stereocenters. The van der Waals surface area contributed by atoms with Crippen LogP contribution in [0.5, 0.6) is 0 Å². The summed E-state index contributed by atoms with van der Waals surface area (Å²) in [5.41, 5.74) is 3.80. The molecule has 158 valence electrons. The summed E-state index contributed by atoms with van der Waals surface area (Å²) in [7, 11) is 0. The first-order valence-corrected chi connectivity index (χ1v) is 10.4. The summed E-state index contributed by atoms with van der Waals surface area (Å²) in [6, 6.07) is 19.5. The van der Waals surface area contributed by atoms with Gasteiger partial charge in [0.2, 0.25) is 0 Å². The average molecular weight is 444 g/mol. The topological polar surface area (TPSA) is 72.5 Å². The van der Waals surface area contributed by atoms with E-state index in [1.54, 1.807) is 24.3 Å². The van der Waals surface area contributed by atoms with Crippen LogP contribution in [-0.4, -0.2) is 5.91 Å². The van der Waals surface area contributed by atoms with Crippen LogP contribution in [0.1, 0.15) is 21.5 Å². The zero-order chi connectivity index (χ0) is 22.4. The van der Waals surface area contributed by atoms with Gasteiger partial charge in [0.1, 0.15) is 11.2 Å². The third-order valence-corrected chi connectivity index (χ3v) is 5.70. The van der Waals surface area contributed by atoms with Gasteiger partial charge in [0.05, 0.1) is 16.3 Å². The quantitative estimate of drug-likeness (QED) is 0.314. The molecule has 32 heavy (non-hydrogen) atoms. The van der Waals surface area contributed by atoms with Crippen LogP contribution in [-0.2, 0) is 0 Å². The Morgan fingerprint density at radius 1 is 0.906 bits per heavy atom. The van der Waals surface area contributed by atoms with Crippen molar-refractivity contribution in [3.05, 3.63) is 98.9 Å². The van der Waals surface area contributed by atoms with Gasteiger partial charge in [0.15, 0.2) is 5.76 Å². The Bertz CT molecular complexity index is 1580. The second-order valence-corrected chi connectivity index (χ2v) is 8.08. The van der Waals surface area contributed by atoms with E-state index >= 15 is 0 Å². The van der Waals surface area contributed by atoms with E-state index in [2.05, 4.69) is 5.32 Å². The van der Waals surface area contributed by atoms with Gasteiger partial charge in [-0.3, -0.25) is 4.79 Å². The molecular formula is C26H18ClNO4. The summed E-state index contributed by atoms with van der Waals surface area (Å²) in [5.74, 6) is 0.0116. The van der Waals surface area contributed by atoms with Gasteiger partial charge in [0.25, 0.3) is 5.91 Å². The molecule has 0 unspecified atom stereocenters. The minimum absolute atomic E-state index is 0.342. The number of nitrogens with one attached hydrogen (secondary N) is 1. The highest BCUT2D eigenvalue weighted by Gasteiger charge is 2.22. The summed E-state index contributed by atoms with van der Waals surface area (Å²) in [6.07, 6.45) is 0. The van der Waals surface area contributed by atoms with Crippen molar-refractivity contribution in [2.75, 3.05) is 5.32 Å². The van der Waals surface area contributed by atoms with Crippen LogP contribution in [0.15, 0.2) is 80.4 Å². The van der Waals surface area contributed by atoms with Crippen molar-refractivity contribution in [1.29, 1.82) is 0 Å². The number of rotatable bonds is 3. The van der Waals surface area contributed by atoms with E-state index in [1.165, 1.54) is 6.07 Å². The van der Waals surface area contributed by atoms with Gasteiger partial charge < -0.3 is 14.2 Å². The van der Waals surface area contributed by atoms with E-state index in [4.69, 9.17) is 20.4 Å². The van der Waals surface area contributed by atoms with Crippen molar-refractivity contribution in [3.63, 3.8) is 0 Å². The molecule has 6 heteroatoms. The third-order valence-electron chi connectivity index (χ3n) is 5.37. The van der Waals surface area contributed by atoms with Crippen LogP contribution in [0, 0.1) is 13.8 Å². The highest BCUT2D eigenvalue weighted by molar-refractivity contribution is 6.34. The third kappa shape index (κ3) is 3.37. The maximum Gasteiger partial charge on any atom is 0.336 e. The van der Waals surface area contributed by atoms with Gasteiger partial charge in [-0.1, -0.05) is 41.9 Å². The van der Waals surface area contributed by atoms with Crippen LogP contribution in [0.2, 0.25) is 5.02 Å². The molecule has 5 nitrogen and oxygen atoms in total. The molecule has 5 rings (SSSR count). The number of para-hydroxylation sites is 1. The van der Waals surface area contributed by atoms with E-state index in [0.29, 0.717) is 44.1 Å². The summed E-state index contributed by atoms with van der Waals surface area (Å²) < 4.78 is 11.7. The number of hydrogen-bond donors (Lipinski definition) is 1. The molecule has 0 saturated heterocycles. The maximum atomic E-state index is 13.1. The van der Waals surface area contributed by atoms with E-state index in [0.717, 1.165) is 16.5 Å². The lowest BCUT2D eigenvalue weighted by atomic mass is 10.0. The number of benzene rings is 3. The molecule has 3 aromatic carbocycles. The lowest BCUT2D eigenvalue weighted by Crippen LogP contribution is -2.13. The molecule has 0 aliphatic carbocycles. The van der Waals surface area contributed by atoms with Gasteiger partial charge in [-0.05, 0) is 55.3 Å². The molecular weight excluding hydrogens is 426 g/mol. The second-order valence-electron chi connectivity index (χ2n) is 7.67. The Hall–Kier alpha value is -3.83. The summed E-state index contributed by atoms with van der Waals surface area (Å²) >= 11 is 6.23. The number of fused-ring (bicyclic) bond motifs is 2. The molecule has 2 heterocycles. The Balaban J connectivity index is 1.77. The van der Waals surface area contributed by atoms with E-state index in [9.17, 15) is 9.59 Å². The standard InChI is InChI=1S/C26H18ClNO4/c1-14-11-15(2)24-18(12-14)19(13-22(29)32-24)25-23(17-8-4-6-10-21(17)31-25)28-26(30)16-7-3-5-9-20(16)27/h3-13H,1-2H3,(H,28,30). The minimum atomic E-state index is -0.497. The molecule has 0 saturated carbocycles. The van der Waals surface area contributed by atoms with Gasteiger partial charge in [-0.15, -0.1) is 0 Å². The molecule has 0 aliphatic rings. The predicted octanol–water partition coefficient (Wildman–Crippen LogP) is 6.73. The van der Waals surface area contributed by atoms with Crippen molar-refractivity contribution < 1.29 is 13.6 Å². The number of amides is 1. The van der Waals surface area contributed by atoms with Gasteiger partial charge in [-0.2, -0.15) is 0 Å². The average Bonchev–Trinajstić information content (AvgIpc) is 3.12. The zero-order valence-electron chi connectivity index (χ0n) is 17.4. The molecule has 2 aromatic heterocycles. The number of carbonyl (C=O) groups excluding carboxylic acids is 1. The van der Waals surface area contributed by atoms with Crippen LogP contribution in [0.3, 0.4) is 0 Å². The molecule has 1 N–H and O–H groups in total. The normalized spacial score (nSPS) is 11.2. The van der Waals surface area contributed by atoms with Crippen LogP contribution in [0.25, 0.3) is 33.3 Å². The molecule has 5 aromatic rings. The number of hydrogen-bond acceptors (Lipinski definition) is 4. The Morgan fingerprint density at radius 3 is 2.47 bits per heavy atom. The zero-order valence-corrected chi connectivity index (χ0v) is 18.1. The Kier molecular flexibility index (Phi) is 4.83. The second kappa shape index (κ2) is 7.70. The molecule has 0 radical (unpaired) electrons. The number of furan rings is 1. The first kappa shape index (κ1) is 20.1. The Morgan fingerprint density at radius 2 is 1.66 bits per heavy atom. The highest BCUT2D eigenvalue weighted by atomic mass is 35.5. The number of aryl methyl sites for hydroxylation is 2. The lowest BCUT2D eigenvalue weighted by molar-refractivity contribution is 0.102. The van der Waals surface area contributed by atoms with E-state index in [-0.39, 0.29) is 5.91 Å². The fourth-order valence-electron chi connectivity index (χ4n) is 3.99. The fourth-order valence-corrected chi connectivity index (χ4v) is 4.21. The van der Waals surface area contributed by atoms with Crippen molar-refractivity contribution in [3.8, 4) is 11.3 Å². The molecule has 0 spiro atoms. The Labute approximate surface area is 188 Å². The largest absolute Gasteiger partial charge is 0.454 e. The van der Waals surface area contributed by atoms with Crippen molar-refractivity contribution in [2.24, 2.45) is 0 Å². The van der Waals surface area contributed by atoms with Crippen molar-refractivity contribution >= 4 is 45.1 Å². The van der Waals surface area contributed by atoms with Gasteiger partial charge in [0, 0.05) is 22.4 Å². The summed E-state index contributed by atoms with van der Waals surface area (Å²) in [6.45, 7) is 3.86. The summed E-state index contributed by atoms with van der Waals surface area (Å²) in [4.78, 5) is 25.5. The van der Waals surface area contributed by atoms with Gasteiger partial charge >= 0.3 is 5.63 Å². The molecule has 1 amide bonds. The first-order chi connectivity index (χ1) is 15.4. The molecule has 0 fully saturated rings. The first-order valence-electron chi connectivity index (χ1n) is 10.1. The highest BCUT2D eigenvalue weighted by Crippen LogP contribution is 2.41. The SMILES string of the molecule is Cc1cc(C)c2oc(=O)cc(-c3oc4ccccc4c3NC(=O)c3ccccc3Cl)c2c1. The van der Waals surface area contributed by atoms with E-state index in [1.807, 2.05) is 50.2 Å². The monoisotopic (exact) mass is 443 g/mol.